The van der Waals surface area contributed by atoms with Gasteiger partial charge >= 0.3 is 6.09 Å². The SMILES string of the molecule is CC(CNC(=O)OC(C)(C)C)C(=O)N[C@@H](Cc1ccccc1)[C@H](O)C(=O)N1CSC(C)(C)C1. The largest absolute Gasteiger partial charge is 0.444 e. The van der Waals surface area contributed by atoms with E-state index in [4.69, 9.17) is 4.74 Å². The number of thioether (sulfide) groups is 1. The first kappa shape index (κ1) is 27.0. The van der Waals surface area contributed by atoms with E-state index in [1.807, 2.05) is 30.3 Å². The molecule has 1 aromatic carbocycles. The summed E-state index contributed by atoms with van der Waals surface area (Å²) in [4.78, 5) is 39.4. The summed E-state index contributed by atoms with van der Waals surface area (Å²) in [7, 11) is 0. The molecule has 1 saturated heterocycles. The highest BCUT2D eigenvalue weighted by Gasteiger charge is 2.38. The van der Waals surface area contributed by atoms with Gasteiger partial charge in [-0.15, -0.1) is 11.8 Å². The molecule has 1 aliphatic rings. The fourth-order valence-electron chi connectivity index (χ4n) is 3.38. The first-order chi connectivity index (χ1) is 15.3. The van der Waals surface area contributed by atoms with Gasteiger partial charge in [-0.25, -0.2) is 4.79 Å². The number of carbonyl (C=O) groups is 3. The molecule has 0 spiro atoms. The number of benzene rings is 1. The first-order valence-corrected chi connectivity index (χ1v) is 12.2. The van der Waals surface area contributed by atoms with E-state index in [0.717, 1.165) is 5.56 Å². The zero-order valence-electron chi connectivity index (χ0n) is 20.4. The number of aliphatic hydroxyl groups is 1. The Labute approximate surface area is 200 Å². The van der Waals surface area contributed by atoms with Crippen LogP contribution in [0, 0.1) is 5.92 Å². The Kier molecular flexibility index (Phi) is 9.20. The molecule has 0 bridgehead atoms. The number of amides is 3. The van der Waals surface area contributed by atoms with Gasteiger partial charge in [0.05, 0.1) is 17.8 Å². The number of alkyl carbamates (subject to hydrolysis) is 1. The molecule has 3 atom stereocenters. The van der Waals surface area contributed by atoms with Gasteiger partial charge in [0.1, 0.15) is 5.60 Å². The van der Waals surface area contributed by atoms with Crippen molar-refractivity contribution in [2.24, 2.45) is 5.92 Å². The van der Waals surface area contributed by atoms with Gasteiger partial charge in [0, 0.05) is 17.8 Å². The lowest BCUT2D eigenvalue weighted by atomic mass is 9.99. The molecule has 0 radical (unpaired) electrons. The van der Waals surface area contributed by atoms with Crippen LogP contribution in [0.5, 0.6) is 0 Å². The van der Waals surface area contributed by atoms with Crippen LogP contribution >= 0.6 is 11.8 Å². The summed E-state index contributed by atoms with van der Waals surface area (Å²) in [6, 6.07) is 8.60. The predicted molar refractivity (Wildman–Crippen MR) is 130 cm³/mol. The van der Waals surface area contributed by atoms with Gasteiger partial charge in [0.25, 0.3) is 5.91 Å². The van der Waals surface area contributed by atoms with Crippen LogP contribution in [0.2, 0.25) is 0 Å². The molecule has 3 amide bonds. The van der Waals surface area contributed by atoms with E-state index in [9.17, 15) is 19.5 Å². The Balaban J connectivity index is 2.04. The van der Waals surface area contributed by atoms with E-state index in [1.165, 1.54) is 0 Å². The third-order valence-corrected chi connectivity index (χ3v) is 6.51. The molecule has 184 valence electrons. The Morgan fingerprint density at radius 1 is 1.21 bits per heavy atom. The summed E-state index contributed by atoms with van der Waals surface area (Å²) in [5, 5.41) is 16.4. The molecular formula is C24H37N3O5S. The van der Waals surface area contributed by atoms with E-state index in [-0.39, 0.29) is 17.2 Å². The summed E-state index contributed by atoms with van der Waals surface area (Å²) >= 11 is 1.66. The number of aliphatic hydroxyl groups excluding tert-OH is 1. The van der Waals surface area contributed by atoms with Crippen LogP contribution in [0.1, 0.15) is 47.1 Å². The third-order valence-electron chi connectivity index (χ3n) is 5.15. The molecular weight excluding hydrogens is 442 g/mol. The minimum atomic E-state index is -1.38. The quantitative estimate of drug-likeness (QED) is 0.529. The maximum atomic E-state index is 13.0. The molecule has 0 aromatic heterocycles. The molecule has 0 saturated carbocycles. The van der Waals surface area contributed by atoms with Gasteiger partial charge in [-0.05, 0) is 46.6 Å². The Morgan fingerprint density at radius 2 is 1.85 bits per heavy atom. The van der Waals surface area contributed by atoms with Crippen molar-refractivity contribution < 1.29 is 24.2 Å². The van der Waals surface area contributed by atoms with Crippen molar-refractivity contribution in [1.82, 2.24) is 15.5 Å². The third kappa shape index (κ3) is 8.89. The van der Waals surface area contributed by atoms with Gasteiger partial charge in [0.15, 0.2) is 6.10 Å². The number of nitrogens with one attached hydrogen (secondary N) is 2. The second-order valence-electron chi connectivity index (χ2n) is 10.1. The molecule has 9 heteroatoms. The van der Waals surface area contributed by atoms with E-state index in [0.29, 0.717) is 18.8 Å². The number of rotatable bonds is 8. The lowest BCUT2D eigenvalue weighted by molar-refractivity contribution is -0.141. The van der Waals surface area contributed by atoms with Gasteiger partial charge in [0.2, 0.25) is 5.91 Å². The molecule has 0 aliphatic carbocycles. The average molecular weight is 480 g/mol. The number of hydrogen-bond donors (Lipinski definition) is 3. The lowest BCUT2D eigenvalue weighted by Crippen LogP contribution is -2.54. The van der Waals surface area contributed by atoms with Crippen LogP contribution in [0.25, 0.3) is 0 Å². The minimum Gasteiger partial charge on any atom is -0.444 e. The van der Waals surface area contributed by atoms with E-state index >= 15 is 0 Å². The zero-order chi connectivity index (χ0) is 24.8. The lowest BCUT2D eigenvalue weighted by Gasteiger charge is -2.28. The highest BCUT2D eigenvalue weighted by molar-refractivity contribution is 8.00. The summed E-state index contributed by atoms with van der Waals surface area (Å²) in [5.74, 6) is -0.839. The number of ether oxygens (including phenoxy) is 1. The summed E-state index contributed by atoms with van der Waals surface area (Å²) in [6.07, 6.45) is -1.68. The fraction of sp³-hybridized carbons (Fsp3) is 0.625. The highest BCUT2D eigenvalue weighted by Crippen LogP contribution is 2.33. The molecule has 1 fully saturated rings. The predicted octanol–water partition coefficient (Wildman–Crippen LogP) is 2.55. The average Bonchev–Trinajstić information content (AvgIpc) is 3.09. The Hall–Kier alpha value is -2.26. The van der Waals surface area contributed by atoms with Crippen LogP contribution in [0.4, 0.5) is 4.79 Å². The van der Waals surface area contributed by atoms with Crippen molar-refractivity contribution in [2.75, 3.05) is 19.0 Å². The van der Waals surface area contributed by atoms with Crippen molar-refractivity contribution in [1.29, 1.82) is 0 Å². The molecule has 8 nitrogen and oxygen atoms in total. The van der Waals surface area contributed by atoms with Gasteiger partial charge in [-0.1, -0.05) is 37.3 Å². The molecule has 1 aromatic rings. The van der Waals surface area contributed by atoms with Crippen LogP contribution < -0.4 is 10.6 Å². The molecule has 1 heterocycles. The fourth-order valence-corrected chi connectivity index (χ4v) is 4.35. The molecule has 1 unspecified atom stereocenters. The maximum Gasteiger partial charge on any atom is 0.407 e. The topological polar surface area (TPSA) is 108 Å². The normalized spacial score (nSPS) is 18.2. The van der Waals surface area contributed by atoms with E-state index in [2.05, 4.69) is 24.5 Å². The Morgan fingerprint density at radius 3 is 2.39 bits per heavy atom. The van der Waals surface area contributed by atoms with Crippen molar-refractivity contribution in [3.63, 3.8) is 0 Å². The Bertz CT molecular complexity index is 825. The molecule has 3 N–H and O–H groups in total. The van der Waals surface area contributed by atoms with Crippen LogP contribution in [-0.4, -0.2) is 69.4 Å². The van der Waals surface area contributed by atoms with Gasteiger partial charge in [-0.3, -0.25) is 9.59 Å². The van der Waals surface area contributed by atoms with Crippen molar-refractivity contribution in [3.8, 4) is 0 Å². The van der Waals surface area contributed by atoms with Crippen molar-refractivity contribution >= 4 is 29.7 Å². The van der Waals surface area contributed by atoms with Crippen LogP contribution in [0.3, 0.4) is 0 Å². The van der Waals surface area contributed by atoms with E-state index in [1.54, 1.807) is 44.4 Å². The molecule has 2 rings (SSSR count). The van der Waals surface area contributed by atoms with Gasteiger partial charge < -0.3 is 25.4 Å². The monoisotopic (exact) mass is 479 g/mol. The summed E-state index contributed by atoms with van der Waals surface area (Å²) in [5.41, 5.74) is 0.258. The number of carbonyl (C=O) groups excluding carboxylic acids is 3. The second kappa shape index (κ2) is 11.2. The summed E-state index contributed by atoms with van der Waals surface area (Å²) in [6.45, 7) is 11.7. The number of nitrogens with zero attached hydrogens (tertiary/aromatic N) is 1. The highest BCUT2D eigenvalue weighted by atomic mass is 32.2. The van der Waals surface area contributed by atoms with Crippen LogP contribution in [0.15, 0.2) is 30.3 Å². The first-order valence-electron chi connectivity index (χ1n) is 11.2. The molecule has 33 heavy (non-hydrogen) atoms. The zero-order valence-corrected chi connectivity index (χ0v) is 21.2. The second-order valence-corrected chi connectivity index (χ2v) is 11.8. The summed E-state index contributed by atoms with van der Waals surface area (Å²) < 4.78 is 5.12. The number of hydrogen-bond acceptors (Lipinski definition) is 6. The van der Waals surface area contributed by atoms with Crippen molar-refractivity contribution in [3.05, 3.63) is 35.9 Å². The maximum absolute atomic E-state index is 13.0. The van der Waals surface area contributed by atoms with Gasteiger partial charge in [-0.2, -0.15) is 0 Å². The minimum absolute atomic E-state index is 0.0692. The smallest absolute Gasteiger partial charge is 0.407 e. The van der Waals surface area contributed by atoms with Crippen molar-refractivity contribution in [2.45, 2.75) is 70.5 Å². The van der Waals surface area contributed by atoms with Crippen LogP contribution in [-0.2, 0) is 20.7 Å². The standard InChI is InChI=1S/C24H37N3O5S/c1-16(13-25-22(31)32-23(2,3)4)20(29)26-18(12-17-10-8-7-9-11-17)19(28)21(30)27-14-24(5,6)33-15-27/h7-11,16,18-19,28H,12-15H2,1-6H3,(H,25,31)(H,26,29)/t16?,18-,19-/m0/s1. The van der Waals surface area contributed by atoms with E-state index < -0.39 is 35.7 Å². The molecule has 1 aliphatic heterocycles.